The number of aliphatic hydroxyl groups is 2. The maximum atomic E-state index is 12.3. The van der Waals surface area contributed by atoms with Crippen LogP contribution < -0.4 is 10.4 Å². The molecule has 2 aromatic heterocycles. The highest BCUT2D eigenvalue weighted by Crippen LogP contribution is 2.46. The summed E-state index contributed by atoms with van der Waals surface area (Å²) < 4.78 is 21.9. The van der Waals surface area contributed by atoms with E-state index in [4.69, 9.17) is 18.3 Å². The molecule has 4 N–H and O–H groups in total. The van der Waals surface area contributed by atoms with E-state index in [0.717, 1.165) is 0 Å². The number of phenols is 2. The topological polar surface area (TPSA) is 143 Å². The summed E-state index contributed by atoms with van der Waals surface area (Å²) in [6, 6.07) is 2.68. The van der Waals surface area contributed by atoms with Crippen LogP contribution in [0.3, 0.4) is 0 Å². The van der Waals surface area contributed by atoms with E-state index < -0.39 is 35.6 Å². The minimum Gasteiger partial charge on any atom is -0.504 e. The fraction of sp³-hybridized carbons (Fsp3) is 0.389. The van der Waals surface area contributed by atoms with Gasteiger partial charge in [0.15, 0.2) is 11.5 Å². The first kappa shape index (κ1) is 17.7. The molecule has 1 saturated heterocycles. The molecule has 0 amide bonds. The standard InChI is InChI=1S/C18H18O9/c1-7-2-11-15(18(23)24-7)14-12(26-11)5-10(21)16(22)17(14)27-13-4-8(20)3-9(6-19)25-13/h2,5,8-9,13,19-22H,3-4,6H2,1H3. The van der Waals surface area contributed by atoms with E-state index in [0.29, 0.717) is 5.76 Å². The molecule has 3 unspecified atom stereocenters. The molecule has 1 aliphatic heterocycles. The van der Waals surface area contributed by atoms with Crippen LogP contribution in [-0.4, -0.2) is 45.5 Å². The zero-order valence-electron chi connectivity index (χ0n) is 14.3. The summed E-state index contributed by atoms with van der Waals surface area (Å²) in [7, 11) is 0. The van der Waals surface area contributed by atoms with E-state index in [1.165, 1.54) is 12.1 Å². The molecule has 9 nitrogen and oxygen atoms in total. The van der Waals surface area contributed by atoms with E-state index in [9.17, 15) is 25.2 Å². The average molecular weight is 378 g/mol. The fourth-order valence-electron chi connectivity index (χ4n) is 3.32. The second kappa shape index (κ2) is 6.45. The van der Waals surface area contributed by atoms with Gasteiger partial charge in [-0.2, -0.15) is 0 Å². The van der Waals surface area contributed by atoms with Crippen LogP contribution in [0.4, 0.5) is 0 Å². The molecule has 3 aromatic rings. The molecule has 0 spiro atoms. The minimum absolute atomic E-state index is 0.0518. The van der Waals surface area contributed by atoms with Gasteiger partial charge in [-0.15, -0.1) is 0 Å². The first-order valence-corrected chi connectivity index (χ1v) is 8.40. The largest absolute Gasteiger partial charge is 0.504 e. The molecule has 0 saturated carbocycles. The van der Waals surface area contributed by atoms with Gasteiger partial charge in [-0.1, -0.05) is 0 Å². The lowest BCUT2D eigenvalue weighted by molar-refractivity contribution is -0.184. The van der Waals surface area contributed by atoms with Gasteiger partial charge < -0.3 is 38.7 Å². The average Bonchev–Trinajstić information content (AvgIpc) is 2.96. The van der Waals surface area contributed by atoms with E-state index in [-0.39, 0.29) is 47.1 Å². The zero-order valence-corrected chi connectivity index (χ0v) is 14.3. The molecule has 0 bridgehead atoms. The van der Waals surface area contributed by atoms with Crippen molar-refractivity contribution in [3.05, 3.63) is 28.3 Å². The Morgan fingerprint density at radius 3 is 2.63 bits per heavy atom. The Labute approximate surface area is 152 Å². The fourth-order valence-corrected chi connectivity index (χ4v) is 3.32. The van der Waals surface area contributed by atoms with Gasteiger partial charge in [0.05, 0.1) is 24.2 Å². The molecule has 9 heteroatoms. The molecule has 1 aliphatic rings. The summed E-state index contributed by atoms with van der Waals surface area (Å²) in [6.45, 7) is 1.28. The van der Waals surface area contributed by atoms with Gasteiger partial charge in [-0.25, -0.2) is 4.79 Å². The van der Waals surface area contributed by atoms with Crippen LogP contribution in [-0.2, 0) is 4.74 Å². The number of fused-ring (bicyclic) bond motifs is 3. The number of phenolic OH excluding ortho intramolecular Hbond substituents is 2. The van der Waals surface area contributed by atoms with Crippen molar-refractivity contribution < 1.29 is 38.7 Å². The highest BCUT2D eigenvalue weighted by Gasteiger charge is 2.32. The Morgan fingerprint density at radius 2 is 1.89 bits per heavy atom. The minimum atomic E-state index is -1.01. The highest BCUT2D eigenvalue weighted by atomic mass is 16.7. The second-order valence-corrected chi connectivity index (χ2v) is 6.55. The monoisotopic (exact) mass is 378 g/mol. The van der Waals surface area contributed by atoms with Gasteiger partial charge in [0.2, 0.25) is 12.0 Å². The van der Waals surface area contributed by atoms with Crippen molar-refractivity contribution in [1.29, 1.82) is 0 Å². The summed E-state index contributed by atoms with van der Waals surface area (Å²) in [6.07, 6.45) is -2.09. The van der Waals surface area contributed by atoms with Crippen LogP contribution in [0.1, 0.15) is 18.6 Å². The Balaban J connectivity index is 1.88. The van der Waals surface area contributed by atoms with Crippen molar-refractivity contribution in [2.24, 2.45) is 0 Å². The first-order valence-electron chi connectivity index (χ1n) is 8.40. The Bertz CT molecular complexity index is 1060. The molecular formula is C18H18O9. The molecule has 1 aromatic carbocycles. The molecule has 1 fully saturated rings. The summed E-state index contributed by atoms with van der Waals surface area (Å²) in [5, 5.41) is 39.7. The number of aliphatic hydroxyl groups excluding tert-OH is 2. The van der Waals surface area contributed by atoms with Crippen LogP contribution >= 0.6 is 0 Å². The third-order valence-electron chi connectivity index (χ3n) is 4.50. The van der Waals surface area contributed by atoms with Crippen LogP contribution in [0.5, 0.6) is 17.2 Å². The second-order valence-electron chi connectivity index (χ2n) is 6.55. The highest BCUT2D eigenvalue weighted by molar-refractivity contribution is 6.09. The maximum Gasteiger partial charge on any atom is 0.347 e. The summed E-state index contributed by atoms with van der Waals surface area (Å²) in [5.74, 6) is -0.996. The number of rotatable bonds is 3. The van der Waals surface area contributed by atoms with Gasteiger partial charge in [0.25, 0.3) is 0 Å². The number of benzene rings is 1. The normalized spacial score (nSPS) is 23.1. The number of furan rings is 1. The van der Waals surface area contributed by atoms with Gasteiger partial charge in [0, 0.05) is 25.0 Å². The molecular weight excluding hydrogens is 360 g/mol. The molecule has 0 aliphatic carbocycles. The van der Waals surface area contributed by atoms with E-state index >= 15 is 0 Å². The molecule has 4 rings (SSSR count). The lowest BCUT2D eigenvalue weighted by atomic mass is 10.1. The molecule has 3 atom stereocenters. The lowest BCUT2D eigenvalue weighted by Crippen LogP contribution is -2.40. The predicted molar refractivity (Wildman–Crippen MR) is 91.9 cm³/mol. The number of ether oxygens (including phenoxy) is 2. The third-order valence-corrected chi connectivity index (χ3v) is 4.50. The van der Waals surface area contributed by atoms with Crippen LogP contribution in [0.15, 0.2) is 25.8 Å². The van der Waals surface area contributed by atoms with Crippen molar-refractivity contribution >= 4 is 21.9 Å². The lowest BCUT2D eigenvalue weighted by Gasteiger charge is -2.32. The molecule has 144 valence electrons. The van der Waals surface area contributed by atoms with Crippen LogP contribution in [0.25, 0.3) is 21.9 Å². The number of aryl methyl sites for hydroxylation is 1. The van der Waals surface area contributed by atoms with Crippen molar-refractivity contribution in [3.8, 4) is 17.2 Å². The summed E-state index contributed by atoms with van der Waals surface area (Å²) in [5.41, 5.74) is -0.355. The quantitative estimate of drug-likeness (QED) is 0.498. The summed E-state index contributed by atoms with van der Waals surface area (Å²) in [4.78, 5) is 12.3. The SMILES string of the molecule is Cc1cc2oc3cc(O)c(O)c(OC4CC(O)CC(CO)O4)c3c2c(=O)o1. The molecule has 27 heavy (non-hydrogen) atoms. The van der Waals surface area contributed by atoms with Crippen LogP contribution in [0, 0.1) is 6.92 Å². The van der Waals surface area contributed by atoms with E-state index in [2.05, 4.69) is 0 Å². The Kier molecular flexibility index (Phi) is 4.22. The number of aromatic hydroxyl groups is 2. The Morgan fingerprint density at radius 1 is 1.15 bits per heavy atom. The smallest absolute Gasteiger partial charge is 0.347 e. The predicted octanol–water partition coefficient (Wildman–Crippen LogP) is 1.50. The summed E-state index contributed by atoms with van der Waals surface area (Å²) >= 11 is 0. The van der Waals surface area contributed by atoms with Crippen molar-refractivity contribution in [3.63, 3.8) is 0 Å². The first-order chi connectivity index (χ1) is 12.9. The van der Waals surface area contributed by atoms with Crippen molar-refractivity contribution in [1.82, 2.24) is 0 Å². The van der Waals surface area contributed by atoms with Gasteiger partial charge in [-0.3, -0.25) is 0 Å². The van der Waals surface area contributed by atoms with E-state index in [1.807, 2.05) is 0 Å². The van der Waals surface area contributed by atoms with Crippen LogP contribution in [0.2, 0.25) is 0 Å². The van der Waals surface area contributed by atoms with Crippen molar-refractivity contribution in [2.75, 3.05) is 6.61 Å². The van der Waals surface area contributed by atoms with Crippen molar-refractivity contribution in [2.45, 2.75) is 38.3 Å². The zero-order chi connectivity index (χ0) is 19.3. The number of hydrogen-bond donors (Lipinski definition) is 4. The van der Waals surface area contributed by atoms with E-state index in [1.54, 1.807) is 6.92 Å². The van der Waals surface area contributed by atoms with Gasteiger partial charge >= 0.3 is 5.63 Å². The maximum absolute atomic E-state index is 12.3. The third kappa shape index (κ3) is 2.99. The molecule has 3 heterocycles. The van der Waals surface area contributed by atoms with Gasteiger partial charge in [-0.05, 0) is 6.92 Å². The van der Waals surface area contributed by atoms with Gasteiger partial charge in [0.1, 0.15) is 22.3 Å². The Hall–Kier alpha value is -2.75. The number of hydrogen-bond acceptors (Lipinski definition) is 9. The molecule has 0 radical (unpaired) electrons.